The molecule has 0 bridgehead atoms. The van der Waals surface area contributed by atoms with Crippen molar-refractivity contribution in [3.63, 3.8) is 0 Å². The number of carboxylic acid groups (broad SMARTS) is 1. The molecule has 2 aliphatic rings. The third kappa shape index (κ3) is 2.66. The van der Waals surface area contributed by atoms with Crippen molar-refractivity contribution >= 4 is 11.7 Å². The van der Waals surface area contributed by atoms with Gasteiger partial charge in [-0.15, -0.1) is 0 Å². The second-order valence-electron chi connectivity index (χ2n) is 5.78. The number of aromatic carboxylic acids is 1. The average molecular weight is 274 g/mol. The van der Waals surface area contributed by atoms with Crippen LogP contribution in [0.3, 0.4) is 0 Å². The summed E-state index contributed by atoms with van der Waals surface area (Å²) in [5, 5.41) is 9.29. The Hall–Kier alpha value is -1.55. The number of rotatable bonds is 3. The lowest BCUT2D eigenvalue weighted by atomic mass is 10.0. The fourth-order valence-electron chi connectivity index (χ4n) is 3.51. The topological polar surface area (TPSA) is 43.8 Å². The van der Waals surface area contributed by atoms with Crippen LogP contribution >= 0.6 is 0 Å². The molecule has 4 heteroatoms. The molecule has 1 N–H and O–H groups in total. The smallest absolute Gasteiger partial charge is 0.337 e. The van der Waals surface area contributed by atoms with Gasteiger partial charge in [-0.1, -0.05) is 12.1 Å². The van der Waals surface area contributed by atoms with Gasteiger partial charge in [0.05, 0.1) is 11.3 Å². The van der Waals surface area contributed by atoms with Gasteiger partial charge in [0.15, 0.2) is 0 Å². The van der Waals surface area contributed by atoms with Gasteiger partial charge >= 0.3 is 5.97 Å². The first kappa shape index (κ1) is 13.4. The van der Waals surface area contributed by atoms with Crippen molar-refractivity contribution in [3.05, 3.63) is 29.8 Å². The van der Waals surface area contributed by atoms with Gasteiger partial charge in [0, 0.05) is 19.1 Å². The number of benzene rings is 1. The molecule has 2 saturated heterocycles. The molecule has 0 atom stereocenters. The first-order valence-electron chi connectivity index (χ1n) is 7.57. The van der Waals surface area contributed by atoms with E-state index in [9.17, 15) is 9.90 Å². The van der Waals surface area contributed by atoms with E-state index in [0.29, 0.717) is 11.6 Å². The van der Waals surface area contributed by atoms with Crippen LogP contribution in [0.15, 0.2) is 24.3 Å². The Balaban J connectivity index is 1.67. The van der Waals surface area contributed by atoms with Gasteiger partial charge in [0.25, 0.3) is 0 Å². The van der Waals surface area contributed by atoms with E-state index in [-0.39, 0.29) is 0 Å². The summed E-state index contributed by atoms with van der Waals surface area (Å²) < 4.78 is 0. The first-order valence-corrected chi connectivity index (χ1v) is 7.57. The van der Waals surface area contributed by atoms with Gasteiger partial charge in [-0.2, -0.15) is 0 Å². The molecule has 1 aromatic rings. The monoisotopic (exact) mass is 274 g/mol. The Morgan fingerprint density at radius 1 is 1.05 bits per heavy atom. The summed E-state index contributed by atoms with van der Waals surface area (Å²) in [5.41, 5.74) is 1.30. The summed E-state index contributed by atoms with van der Waals surface area (Å²) in [7, 11) is 0. The molecule has 2 heterocycles. The summed E-state index contributed by atoms with van der Waals surface area (Å²) in [6.45, 7) is 4.42. The van der Waals surface area contributed by atoms with E-state index in [1.165, 1.54) is 25.9 Å². The normalized spacial score (nSPS) is 21.3. The van der Waals surface area contributed by atoms with E-state index in [0.717, 1.165) is 31.6 Å². The summed E-state index contributed by atoms with van der Waals surface area (Å²) in [6, 6.07) is 8.05. The van der Waals surface area contributed by atoms with Crippen molar-refractivity contribution in [1.82, 2.24) is 4.90 Å². The number of anilines is 1. The average Bonchev–Trinajstić information content (AvgIpc) is 3.02. The molecular formula is C16H22N2O2. The van der Waals surface area contributed by atoms with Gasteiger partial charge in [-0.25, -0.2) is 4.79 Å². The third-order valence-electron chi connectivity index (χ3n) is 4.60. The molecular weight excluding hydrogens is 252 g/mol. The summed E-state index contributed by atoms with van der Waals surface area (Å²) in [4.78, 5) is 16.1. The molecule has 3 rings (SSSR count). The van der Waals surface area contributed by atoms with Gasteiger partial charge in [0.2, 0.25) is 0 Å². The Morgan fingerprint density at radius 2 is 1.70 bits per heavy atom. The summed E-state index contributed by atoms with van der Waals surface area (Å²) in [5.74, 6) is -0.831. The van der Waals surface area contributed by atoms with Crippen LogP contribution in [0.2, 0.25) is 0 Å². The van der Waals surface area contributed by atoms with E-state index in [1.54, 1.807) is 12.1 Å². The highest BCUT2D eigenvalue weighted by atomic mass is 16.4. The van der Waals surface area contributed by atoms with E-state index >= 15 is 0 Å². The van der Waals surface area contributed by atoms with E-state index in [2.05, 4.69) is 9.80 Å². The molecule has 4 nitrogen and oxygen atoms in total. The first-order chi connectivity index (χ1) is 9.75. The largest absolute Gasteiger partial charge is 0.478 e. The highest BCUT2D eigenvalue weighted by molar-refractivity contribution is 5.94. The van der Waals surface area contributed by atoms with Crippen molar-refractivity contribution < 1.29 is 9.90 Å². The van der Waals surface area contributed by atoms with Crippen molar-refractivity contribution in [2.24, 2.45) is 0 Å². The molecule has 0 aliphatic carbocycles. The van der Waals surface area contributed by atoms with E-state index in [4.69, 9.17) is 0 Å². The van der Waals surface area contributed by atoms with Crippen LogP contribution in [-0.2, 0) is 0 Å². The molecule has 108 valence electrons. The Morgan fingerprint density at radius 3 is 2.35 bits per heavy atom. The quantitative estimate of drug-likeness (QED) is 0.919. The highest BCUT2D eigenvalue weighted by Crippen LogP contribution is 2.27. The molecule has 0 amide bonds. The predicted molar refractivity (Wildman–Crippen MR) is 79.4 cm³/mol. The van der Waals surface area contributed by atoms with Crippen LogP contribution in [0.4, 0.5) is 5.69 Å². The van der Waals surface area contributed by atoms with Crippen LogP contribution in [0.1, 0.15) is 36.0 Å². The second kappa shape index (κ2) is 5.83. The fraction of sp³-hybridized carbons (Fsp3) is 0.562. The summed E-state index contributed by atoms with van der Waals surface area (Å²) >= 11 is 0. The molecule has 2 aliphatic heterocycles. The second-order valence-corrected chi connectivity index (χ2v) is 5.78. The van der Waals surface area contributed by atoms with Crippen LogP contribution in [0.25, 0.3) is 0 Å². The maximum atomic E-state index is 11.3. The lowest BCUT2D eigenvalue weighted by Gasteiger charge is -2.38. The van der Waals surface area contributed by atoms with Gasteiger partial charge in [-0.05, 0) is 50.9 Å². The van der Waals surface area contributed by atoms with Crippen LogP contribution < -0.4 is 4.90 Å². The Labute approximate surface area is 120 Å². The highest BCUT2D eigenvalue weighted by Gasteiger charge is 2.27. The van der Waals surface area contributed by atoms with Gasteiger partial charge in [0.1, 0.15) is 0 Å². The lowest BCUT2D eigenvalue weighted by molar-refractivity contribution is 0.0697. The van der Waals surface area contributed by atoms with Crippen LogP contribution in [0, 0.1) is 0 Å². The van der Waals surface area contributed by atoms with Crippen molar-refractivity contribution in [2.45, 2.75) is 31.7 Å². The van der Waals surface area contributed by atoms with Crippen molar-refractivity contribution in [2.75, 3.05) is 31.1 Å². The van der Waals surface area contributed by atoms with Gasteiger partial charge < -0.3 is 14.9 Å². The zero-order chi connectivity index (χ0) is 13.9. The number of carbonyl (C=O) groups is 1. The Kier molecular flexibility index (Phi) is 3.92. The summed E-state index contributed by atoms with van der Waals surface area (Å²) in [6.07, 6.45) is 4.96. The predicted octanol–water partition coefficient (Wildman–Crippen LogP) is 2.45. The van der Waals surface area contributed by atoms with E-state index < -0.39 is 5.97 Å². The fourth-order valence-corrected chi connectivity index (χ4v) is 3.51. The number of piperidine rings is 1. The number of para-hydroxylation sites is 1. The zero-order valence-electron chi connectivity index (χ0n) is 11.8. The maximum Gasteiger partial charge on any atom is 0.337 e. The minimum atomic E-state index is -0.831. The van der Waals surface area contributed by atoms with Crippen LogP contribution in [0.5, 0.6) is 0 Å². The molecule has 0 saturated carbocycles. The Bertz CT molecular complexity index is 475. The molecule has 0 unspecified atom stereocenters. The third-order valence-corrected chi connectivity index (χ3v) is 4.60. The minimum Gasteiger partial charge on any atom is -0.478 e. The van der Waals surface area contributed by atoms with Crippen molar-refractivity contribution in [1.29, 1.82) is 0 Å². The SMILES string of the molecule is O=C(O)c1ccccc1N1CCC(N2CCCC2)CC1. The molecule has 20 heavy (non-hydrogen) atoms. The maximum absolute atomic E-state index is 11.3. The van der Waals surface area contributed by atoms with Crippen molar-refractivity contribution in [3.8, 4) is 0 Å². The number of carboxylic acids is 1. The standard InChI is InChI=1S/C16H22N2O2/c19-16(20)14-5-1-2-6-15(14)18-11-7-13(8-12-18)17-9-3-4-10-17/h1-2,5-6,13H,3-4,7-12H2,(H,19,20). The molecule has 0 radical (unpaired) electrons. The van der Waals surface area contributed by atoms with Gasteiger partial charge in [-0.3, -0.25) is 0 Å². The molecule has 2 fully saturated rings. The number of hydrogen-bond donors (Lipinski definition) is 1. The number of likely N-dealkylation sites (tertiary alicyclic amines) is 1. The van der Waals surface area contributed by atoms with E-state index in [1.807, 2.05) is 12.1 Å². The number of nitrogens with zero attached hydrogens (tertiary/aromatic N) is 2. The zero-order valence-corrected chi connectivity index (χ0v) is 11.8. The molecule has 0 aromatic heterocycles. The molecule has 1 aromatic carbocycles. The van der Waals surface area contributed by atoms with Crippen LogP contribution in [-0.4, -0.2) is 48.2 Å². The number of hydrogen-bond acceptors (Lipinski definition) is 3. The molecule has 0 spiro atoms. The minimum absolute atomic E-state index is 0.423. The lowest BCUT2D eigenvalue weighted by Crippen LogP contribution is -2.44.